The second-order valence-corrected chi connectivity index (χ2v) is 3.82. The van der Waals surface area contributed by atoms with E-state index in [4.69, 9.17) is 4.74 Å². The van der Waals surface area contributed by atoms with E-state index in [1.165, 1.54) is 6.92 Å². The average Bonchev–Trinajstić information content (AvgIpc) is 2.66. The van der Waals surface area contributed by atoms with Crippen LogP contribution in [-0.4, -0.2) is 23.5 Å². The number of nitrogens with one attached hydrogen (secondary N) is 2. The molecule has 0 radical (unpaired) electrons. The Morgan fingerprint density at radius 2 is 2.06 bits per heavy atom. The molecule has 1 amide bonds. The van der Waals surface area contributed by atoms with E-state index in [-0.39, 0.29) is 12.5 Å². The lowest BCUT2D eigenvalue weighted by atomic mass is 10.1. The van der Waals surface area contributed by atoms with E-state index in [0.717, 1.165) is 10.9 Å². The third-order valence-corrected chi connectivity index (χ3v) is 2.49. The van der Waals surface area contributed by atoms with Gasteiger partial charge in [-0.15, -0.1) is 0 Å². The molecule has 0 atom stereocenters. The van der Waals surface area contributed by atoms with Crippen molar-refractivity contribution in [1.29, 1.82) is 0 Å². The summed E-state index contributed by atoms with van der Waals surface area (Å²) in [5, 5.41) is 3.34. The van der Waals surface area contributed by atoms with Gasteiger partial charge in [0, 0.05) is 17.8 Å². The highest BCUT2D eigenvalue weighted by atomic mass is 16.5. The van der Waals surface area contributed by atoms with Crippen LogP contribution >= 0.6 is 0 Å². The zero-order valence-electron chi connectivity index (χ0n) is 10.2. The van der Waals surface area contributed by atoms with Crippen LogP contribution < -0.4 is 5.32 Å². The Kier molecular flexibility index (Phi) is 3.32. The van der Waals surface area contributed by atoms with Gasteiger partial charge < -0.3 is 15.0 Å². The zero-order chi connectivity index (χ0) is 13.1. The minimum atomic E-state index is -0.446. The minimum Gasteiger partial charge on any atom is -0.462 e. The number of carbonyl (C=O) groups excluding carboxylic acids is 2. The van der Waals surface area contributed by atoms with E-state index < -0.39 is 5.97 Å². The maximum atomic E-state index is 11.9. The molecule has 0 aliphatic rings. The largest absolute Gasteiger partial charge is 0.462 e. The molecule has 1 aromatic carbocycles. The van der Waals surface area contributed by atoms with Crippen LogP contribution in [0.4, 0.5) is 5.82 Å². The number of hydrogen-bond donors (Lipinski definition) is 2. The predicted molar refractivity (Wildman–Crippen MR) is 68.6 cm³/mol. The molecule has 0 saturated heterocycles. The third kappa shape index (κ3) is 2.20. The van der Waals surface area contributed by atoms with E-state index in [1.54, 1.807) is 6.92 Å². The number of benzene rings is 1. The van der Waals surface area contributed by atoms with Gasteiger partial charge in [0.15, 0.2) is 0 Å². The fourth-order valence-electron chi connectivity index (χ4n) is 1.83. The van der Waals surface area contributed by atoms with Gasteiger partial charge in [-0.25, -0.2) is 4.79 Å². The lowest BCUT2D eigenvalue weighted by Gasteiger charge is -2.04. The van der Waals surface area contributed by atoms with Gasteiger partial charge in [0.05, 0.1) is 6.61 Å². The summed E-state index contributed by atoms with van der Waals surface area (Å²) in [5.74, 6) is -0.312. The van der Waals surface area contributed by atoms with Gasteiger partial charge in [0.1, 0.15) is 11.4 Å². The van der Waals surface area contributed by atoms with Gasteiger partial charge in [0.2, 0.25) is 5.91 Å². The Bertz CT molecular complexity index is 601. The molecule has 0 aliphatic heterocycles. The van der Waals surface area contributed by atoms with Crippen molar-refractivity contribution in [2.45, 2.75) is 13.8 Å². The number of ether oxygens (including phenoxy) is 1. The van der Waals surface area contributed by atoms with Crippen LogP contribution in [-0.2, 0) is 9.53 Å². The molecule has 1 aromatic heterocycles. The Morgan fingerprint density at radius 3 is 2.72 bits per heavy atom. The van der Waals surface area contributed by atoms with Crippen LogP contribution in [0.15, 0.2) is 24.3 Å². The number of rotatable bonds is 3. The highest BCUT2D eigenvalue weighted by Gasteiger charge is 2.19. The summed E-state index contributed by atoms with van der Waals surface area (Å²) in [5.41, 5.74) is 1.15. The summed E-state index contributed by atoms with van der Waals surface area (Å²) in [6.07, 6.45) is 0. The normalized spacial score (nSPS) is 10.3. The van der Waals surface area contributed by atoms with Crippen LogP contribution in [0.5, 0.6) is 0 Å². The quantitative estimate of drug-likeness (QED) is 0.816. The summed E-state index contributed by atoms with van der Waals surface area (Å²) in [6, 6.07) is 7.33. The summed E-state index contributed by atoms with van der Waals surface area (Å²) >= 11 is 0. The molecule has 0 spiro atoms. The number of hydrogen-bond acceptors (Lipinski definition) is 3. The topological polar surface area (TPSA) is 71.2 Å². The van der Waals surface area contributed by atoms with E-state index >= 15 is 0 Å². The van der Waals surface area contributed by atoms with E-state index in [9.17, 15) is 9.59 Å². The summed E-state index contributed by atoms with van der Waals surface area (Å²) < 4.78 is 5.01. The van der Waals surface area contributed by atoms with Crippen LogP contribution in [0, 0.1) is 0 Å². The highest BCUT2D eigenvalue weighted by Crippen LogP contribution is 2.26. The number of esters is 1. The highest BCUT2D eigenvalue weighted by molar-refractivity contribution is 6.11. The lowest BCUT2D eigenvalue weighted by molar-refractivity contribution is -0.114. The second kappa shape index (κ2) is 4.91. The number of aromatic amines is 1. The van der Waals surface area contributed by atoms with E-state index in [1.807, 2.05) is 24.3 Å². The number of H-pyrrole nitrogens is 1. The van der Waals surface area contributed by atoms with Crippen molar-refractivity contribution in [3.05, 3.63) is 29.8 Å². The van der Waals surface area contributed by atoms with Crippen molar-refractivity contribution in [2.75, 3.05) is 11.9 Å². The van der Waals surface area contributed by atoms with Crippen molar-refractivity contribution in [3.63, 3.8) is 0 Å². The first-order valence-electron chi connectivity index (χ1n) is 5.69. The Morgan fingerprint density at radius 1 is 1.33 bits per heavy atom. The number of para-hydroxylation sites is 1. The first-order valence-corrected chi connectivity index (χ1v) is 5.69. The van der Waals surface area contributed by atoms with Crippen molar-refractivity contribution < 1.29 is 14.3 Å². The van der Waals surface area contributed by atoms with Crippen LogP contribution in [0.25, 0.3) is 10.9 Å². The fourth-order valence-corrected chi connectivity index (χ4v) is 1.83. The van der Waals surface area contributed by atoms with Gasteiger partial charge in [-0.1, -0.05) is 18.2 Å². The molecule has 0 saturated carbocycles. The maximum absolute atomic E-state index is 11.9. The monoisotopic (exact) mass is 246 g/mol. The molecule has 5 nitrogen and oxygen atoms in total. The SMILES string of the molecule is CCOC(=O)c1c(NC(C)=O)[nH]c2ccccc12. The Hall–Kier alpha value is -2.30. The molecule has 2 aromatic rings. The van der Waals surface area contributed by atoms with Crippen LogP contribution in [0.3, 0.4) is 0 Å². The van der Waals surface area contributed by atoms with Crippen LogP contribution in [0.1, 0.15) is 24.2 Å². The van der Waals surface area contributed by atoms with Gasteiger partial charge in [-0.05, 0) is 13.0 Å². The minimum absolute atomic E-state index is 0.243. The maximum Gasteiger partial charge on any atom is 0.342 e. The summed E-state index contributed by atoms with van der Waals surface area (Å²) in [4.78, 5) is 26.1. The standard InChI is InChI=1S/C13H14N2O3/c1-3-18-13(17)11-9-6-4-5-7-10(9)15-12(11)14-8(2)16/h4-7,15H,3H2,1-2H3,(H,14,16). The molecule has 0 fully saturated rings. The first kappa shape index (κ1) is 12.2. The molecule has 0 aliphatic carbocycles. The van der Waals surface area contributed by atoms with Crippen molar-refractivity contribution in [1.82, 2.24) is 4.98 Å². The van der Waals surface area contributed by atoms with Gasteiger partial charge in [0.25, 0.3) is 0 Å². The molecular formula is C13H14N2O3. The van der Waals surface area contributed by atoms with Crippen molar-refractivity contribution in [2.24, 2.45) is 0 Å². The molecule has 2 rings (SSSR count). The van der Waals surface area contributed by atoms with E-state index in [2.05, 4.69) is 10.3 Å². The summed E-state index contributed by atoms with van der Waals surface area (Å²) in [7, 11) is 0. The molecule has 0 unspecified atom stereocenters. The number of anilines is 1. The summed E-state index contributed by atoms with van der Waals surface area (Å²) in [6.45, 7) is 3.42. The van der Waals surface area contributed by atoms with Gasteiger partial charge in [-0.2, -0.15) is 0 Å². The fraction of sp³-hybridized carbons (Fsp3) is 0.231. The first-order chi connectivity index (χ1) is 8.63. The second-order valence-electron chi connectivity index (χ2n) is 3.82. The molecule has 1 heterocycles. The predicted octanol–water partition coefficient (Wildman–Crippen LogP) is 2.30. The van der Waals surface area contributed by atoms with Gasteiger partial charge in [-0.3, -0.25) is 4.79 Å². The Labute approximate surface area is 104 Å². The molecule has 18 heavy (non-hydrogen) atoms. The molecule has 2 N–H and O–H groups in total. The molecule has 5 heteroatoms. The smallest absolute Gasteiger partial charge is 0.342 e. The van der Waals surface area contributed by atoms with Crippen LogP contribution in [0.2, 0.25) is 0 Å². The van der Waals surface area contributed by atoms with Crippen molar-refractivity contribution in [3.8, 4) is 0 Å². The van der Waals surface area contributed by atoms with Gasteiger partial charge >= 0.3 is 5.97 Å². The number of fused-ring (bicyclic) bond motifs is 1. The zero-order valence-corrected chi connectivity index (χ0v) is 10.2. The number of aromatic nitrogens is 1. The number of carbonyl (C=O) groups is 2. The Balaban J connectivity index is 2.57. The third-order valence-electron chi connectivity index (χ3n) is 2.49. The average molecular weight is 246 g/mol. The lowest BCUT2D eigenvalue weighted by Crippen LogP contribution is -2.12. The molecular weight excluding hydrogens is 232 g/mol. The van der Waals surface area contributed by atoms with E-state index in [0.29, 0.717) is 11.4 Å². The van der Waals surface area contributed by atoms with Crippen molar-refractivity contribution >= 4 is 28.6 Å². The number of amides is 1. The molecule has 0 bridgehead atoms. The molecule has 94 valence electrons.